The molecule has 0 saturated heterocycles. The third-order valence-corrected chi connectivity index (χ3v) is 12.3. The van der Waals surface area contributed by atoms with Crippen molar-refractivity contribution in [2.75, 3.05) is 0 Å². The van der Waals surface area contributed by atoms with Crippen LogP contribution >= 0.6 is 22.7 Å². The molecule has 0 aliphatic rings. The Morgan fingerprint density at radius 2 is 0.980 bits per heavy atom. The van der Waals surface area contributed by atoms with Gasteiger partial charge in [-0.05, 0) is 74.0 Å². The van der Waals surface area contributed by atoms with Crippen molar-refractivity contribution >= 4 is 73.8 Å². The fourth-order valence-electron chi connectivity index (χ4n) is 7.67. The lowest BCUT2D eigenvalue weighted by Gasteiger charge is -2.20. The van der Waals surface area contributed by atoms with Gasteiger partial charge in [0.15, 0.2) is 0 Å². The summed E-state index contributed by atoms with van der Waals surface area (Å²) < 4.78 is 5.38. The Morgan fingerprint density at radius 3 is 1.82 bits per heavy atom. The molecule has 0 amide bonds. The SMILES string of the molecule is c1ccc(C(c2cccc(-c3ccc(-c4cc5ccccc5c5sc6ccccc6c45)cc3)c2)c2ccc3c(c2)sc2ccccc23)cc1. The van der Waals surface area contributed by atoms with E-state index >= 15 is 0 Å². The molecular formula is C47H30S2. The van der Waals surface area contributed by atoms with E-state index in [0.29, 0.717) is 0 Å². The van der Waals surface area contributed by atoms with Gasteiger partial charge in [0.05, 0.1) is 0 Å². The molecule has 10 aromatic rings. The van der Waals surface area contributed by atoms with Crippen molar-refractivity contribution in [2.45, 2.75) is 5.92 Å². The summed E-state index contributed by atoms with van der Waals surface area (Å²) in [6.45, 7) is 0. The van der Waals surface area contributed by atoms with Crippen LogP contribution in [0.3, 0.4) is 0 Å². The van der Waals surface area contributed by atoms with E-state index in [9.17, 15) is 0 Å². The highest BCUT2D eigenvalue weighted by molar-refractivity contribution is 7.27. The third-order valence-electron chi connectivity index (χ3n) is 9.99. The summed E-state index contributed by atoms with van der Waals surface area (Å²) in [6.07, 6.45) is 0. The number of rotatable bonds is 5. The fraction of sp³-hybridized carbons (Fsp3) is 0.0213. The van der Waals surface area contributed by atoms with Crippen molar-refractivity contribution in [1.29, 1.82) is 0 Å². The molecule has 2 aromatic heterocycles. The Kier molecular flexibility index (Phi) is 6.72. The third kappa shape index (κ3) is 4.79. The quantitative estimate of drug-likeness (QED) is 0.161. The molecule has 0 radical (unpaired) electrons. The van der Waals surface area contributed by atoms with Crippen LogP contribution in [0, 0.1) is 0 Å². The smallest absolute Gasteiger partial charge is 0.0440 e. The number of benzene rings is 8. The van der Waals surface area contributed by atoms with Crippen molar-refractivity contribution in [3.05, 3.63) is 193 Å². The number of thiophene rings is 2. The fourth-order valence-corrected chi connectivity index (χ4v) is 10.1. The van der Waals surface area contributed by atoms with Gasteiger partial charge in [-0.15, -0.1) is 22.7 Å². The summed E-state index contributed by atoms with van der Waals surface area (Å²) in [5.41, 5.74) is 8.93. The molecule has 2 heteroatoms. The Labute approximate surface area is 293 Å². The first-order valence-electron chi connectivity index (χ1n) is 16.8. The standard InChI is InChI=1S/C47H30S2/c1-2-11-32(12-3-1)45(36-25-26-39-38-17-6-8-19-42(38)48-44(39)29-36)35-15-10-14-33(27-35)30-21-23-31(24-22-30)41-28-34-13-4-5-16-37(34)47-46(41)40-18-7-9-20-43(40)49-47/h1-29,45H. The molecule has 2 heterocycles. The van der Waals surface area contributed by atoms with E-state index in [1.807, 2.05) is 22.7 Å². The van der Waals surface area contributed by atoms with Gasteiger partial charge in [-0.2, -0.15) is 0 Å². The molecule has 0 spiro atoms. The largest absolute Gasteiger partial charge is 0.135 e. The molecule has 1 unspecified atom stereocenters. The maximum atomic E-state index is 2.41. The first-order chi connectivity index (χ1) is 24.3. The van der Waals surface area contributed by atoms with E-state index in [1.165, 1.54) is 90.1 Å². The molecule has 0 fully saturated rings. The predicted octanol–water partition coefficient (Wildman–Crippen LogP) is 14.1. The number of fused-ring (bicyclic) bond motifs is 8. The van der Waals surface area contributed by atoms with Crippen molar-refractivity contribution in [1.82, 2.24) is 0 Å². The van der Waals surface area contributed by atoms with E-state index in [2.05, 4.69) is 176 Å². The van der Waals surface area contributed by atoms with Gasteiger partial charge in [0.25, 0.3) is 0 Å². The summed E-state index contributed by atoms with van der Waals surface area (Å²) >= 11 is 3.79. The molecule has 0 nitrogen and oxygen atoms in total. The average Bonchev–Trinajstić information content (AvgIpc) is 3.74. The molecule has 1 atom stereocenters. The highest BCUT2D eigenvalue weighted by atomic mass is 32.1. The molecule has 230 valence electrons. The lowest BCUT2D eigenvalue weighted by molar-refractivity contribution is 0.981. The van der Waals surface area contributed by atoms with Gasteiger partial charge in [-0.3, -0.25) is 0 Å². The number of hydrogen-bond donors (Lipinski definition) is 0. The zero-order valence-corrected chi connectivity index (χ0v) is 28.3. The number of hydrogen-bond acceptors (Lipinski definition) is 2. The highest BCUT2D eigenvalue weighted by Gasteiger charge is 2.19. The van der Waals surface area contributed by atoms with Crippen molar-refractivity contribution in [2.24, 2.45) is 0 Å². The second-order valence-electron chi connectivity index (χ2n) is 12.8. The van der Waals surface area contributed by atoms with Crippen LogP contribution in [0.1, 0.15) is 22.6 Å². The second-order valence-corrected chi connectivity index (χ2v) is 15.0. The van der Waals surface area contributed by atoms with E-state index in [-0.39, 0.29) is 5.92 Å². The summed E-state index contributed by atoms with van der Waals surface area (Å²) in [5, 5.41) is 7.98. The summed E-state index contributed by atoms with van der Waals surface area (Å²) in [5.74, 6) is 0.132. The van der Waals surface area contributed by atoms with Gasteiger partial charge in [0.1, 0.15) is 0 Å². The molecule has 8 aromatic carbocycles. The van der Waals surface area contributed by atoms with Crippen LogP contribution < -0.4 is 0 Å². The molecule has 0 saturated carbocycles. The maximum absolute atomic E-state index is 2.41. The first kappa shape index (κ1) is 28.5. The van der Waals surface area contributed by atoms with Gasteiger partial charge in [-0.1, -0.05) is 152 Å². The van der Waals surface area contributed by atoms with Crippen LogP contribution in [0.5, 0.6) is 0 Å². The Bertz CT molecular complexity index is 2820. The molecule has 49 heavy (non-hydrogen) atoms. The summed E-state index contributed by atoms with van der Waals surface area (Å²) in [4.78, 5) is 0. The van der Waals surface area contributed by atoms with Crippen molar-refractivity contribution in [3.8, 4) is 22.3 Å². The van der Waals surface area contributed by atoms with Crippen LogP contribution in [0.25, 0.3) is 73.4 Å². The zero-order chi connectivity index (χ0) is 32.3. The van der Waals surface area contributed by atoms with E-state index in [0.717, 1.165) is 0 Å². The molecule has 0 aliphatic carbocycles. The van der Waals surface area contributed by atoms with Crippen LogP contribution in [0.15, 0.2) is 176 Å². The minimum Gasteiger partial charge on any atom is -0.135 e. The van der Waals surface area contributed by atoms with Gasteiger partial charge in [-0.25, -0.2) is 0 Å². The van der Waals surface area contributed by atoms with Crippen molar-refractivity contribution in [3.63, 3.8) is 0 Å². The first-order valence-corrected chi connectivity index (χ1v) is 18.4. The molecular weight excluding hydrogens is 629 g/mol. The van der Waals surface area contributed by atoms with Crippen LogP contribution in [0.4, 0.5) is 0 Å². The molecule has 0 aliphatic heterocycles. The minimum absolute atomic E-state index is 0.132. The Balaban J connectivity index is 1.07. The molecule has 0 bridgehead atoms. The minimum atomic E-state index is 0.132. The van der Waals surface area contributed by atoms with Crippen LogP contribution in [-0.4, -0.2) is 0 Å². The van der Waals surface area contributed by atoms with Crippen LogP contribution in [-0.2, 0) is 0 Å². The lowest BCUT2D eigenvalue weighted by Crippen LogP contribution is -2.03. The molecule has 0 N–H and O–H groups in total. The molecule has 10 rings (SSSR count). The summed E-state index contributed by atoms with van der Waals surface area (Å²) in [7, 11) is 0. The zero-order valence-electron chi connectivity index (χ0n) is 26.6. The Morgan fingerprint density at radius 1 is 0.347 bits per heavy atom. The highest BCUT2D eigenvalue weighted by Crippen LogP contribution is 2.45. The van der Waals surface area contributed by atoms with E-state index in [4.69, 9.17) is 0 Å². The van der Waals surface area contributed by atoms with Gasteiger partial charge < -0.3 is 0 Å². The van der Waals surface area contributed by atoms with E-state index in [1.54, 1.807) is 0 Å². The lowest BCUT2D eigenvalue weighted by atomic mass is 9.84. The topological polar surface area (TPSA) is 0 Å². The van der Waals surface area contributed by atoms with Gasteiger partial charge in [0, 0.05) is 46.3 Å². The van der Waals surface area contributed by atoms with Gasteiger partial charge in [0.2, 0.25) is 0 Å². The predicted molar refractivity (Wildman–Crippen MR) is 214 cm³/mol. The maximum Gasteiger partial charge on any atom is 0.0440 e. The van der Waals surface area contributed by atoms with Gasteiger partial charge >= 0.3 is 0 Å². The van der Waals surface area contributed by atoms with Crippen LogP contribution in [0.2, 0.25) is 0 Å². The normalized spacial score (nSPS) is 12.4. The monoisotopic (exact) mass is 658 g/mol. The summed E-state index contributed by atoms with van der Waals surface area (Å²) in [6, 6.07) is 65.1. The average molecular weight is 659 g/mol. The van der Waals surface area contributed by atoms with Crippen molar-refractivity contribution < 1.29 is 0 Å². The second kappa shape index (κ2) is 11.6. The van der Waals surface area contributed by atoms with E-state index < -0.39 is 0 Å². The Hall–Kier alpha value is -5.54.